The number of hydrogen-bond acceptors (Lipinski definition) is 9. The number of H-pyrrole nitrogens is 1. The lowest BCUT2D eigenvalue weighted by molar-refractivity contribution is -0.142. The van der Waals surface area contributed by atoms with E-state index in [0.29, 0.717) is 11.3 Å². The minimum atomic E-state index is -1.30. The molecule has 1 aromatic carbocycles. The van der Waals surface area contributed by atoms with Crippen LogP contribution in [0.2, 0.25) is 0 Å². The molecule has 0 radical (unpaired) electrons. The Morgan fingerprint density at radius 1 is 0.975 bits per heavy atom. The first-order valence-corrected chi connectivity index (χ1v) is 12.9. The zero-order valence-corrected chi connectivity index (χ0v) is 22.5. The standard InChI is InChI=1S/C24H35N9O6S/c25-16(8-13-3-5-15(34)6-4-13)20(35)33-19(11-40)22(37)31-17(2-1-7-29-24(26)27)21(36)32-18(23(38)39)9-14-10-28-12-30-14/h3-6,10,12,16-19,34,40H,1-2,7-9,11,25H2,(H,28,30)(H,31,37)(H,32,36)(H,33,35)(H,38,39)(H4,26,27,29). The fraction of sp³-hybridized carbons (Fsp3) is 0.417. The first-order chi connectivity index (χ1) is 19.0. The van der Waals surface area contributed by atoms with E-state index in [1.807, 2.05) is 0 Å². The Balaban J connectivity index is 2.07. The fourth-order valence-electron chi connectivity index (χ4n) is 3.58. The molecule has 0 bridgehead atoms. The maximum atomic E-state index is 13.1. The number of nitrogens with zero attached hydrogens (tertiary/aromatic N) is 2. The van der Waals surface area contributed by atoms with Gasteiger partial charge in [0.2, 0.25) is 17.7 Å². The minimum absolute atomic E-state index is 0.0655. The molecular formula is C24H35N9O6S. The summed E-state index contributed by atoms with van der Waals surface area (Å²) < 4.78 is 0. The maximum absolute atomic E-state index is 13.1. The molecular weight excluding hydrogens is 542 g/mol. The number of phenols is 1. The van der Waals surface area contributed by atoms with Crippen molar-refractivity contribution in [1.29, 1.82) is 0 Å². The Hall–Kier alpha value is -4.31. The summed E-state index contributed by atoms with van der Waals surface area (Å²) in [6, 6.07) is 1.55. The zero-order valence-electron chi connectivity index (χ0n) is 21.6. The van der Waals surface area contributed by atoms with Crippen molar-refractivity contribution in [2.45, 2.75) is 49.9 Å². The molecule has 1 heterocycles. The number of aromatic nitrogens is 2. The van der Waals surface area contributed by atoms with Gasteiger partial charge in [-0.3, -0.25) is 19.4 Å². The van der Waals surface area contributed by atoms with Crippen LogP contribution in [-0.4, -0.2) is 86.3 Å². The number of phenolic OH excluding ortho intramolecular Hbond substituents is 1. The van der Waals surface area contributed by atoms with Crippen LogP contribution in [0.5, 0.6) is 5.75 Å². The van der Waals surface area contributed by atoms with E-state index in [1.165, 1.54) is 24.7 Å². The number of carbonyl (C=O) groups is 4. The molecule has 0 aliphatic rings. The lowest BCUT2D eigenvalue weighted by Gasteiger charge is -2.24. The molecule has 0 aliphatic heterocycles. The van der Waals surface area contributed by atoms with E-state index in [4.69, 9.17) is 17.2 Å². The van der Waals surface area contributed by atoms with Crippen molar-refractivity contribution in [1.82, 2.24) is 25.9 Å². The number of hydrogen-bond donors (Lipinski definition) is 10. The van der Waals surface area contributed by atoms with E-state index in [2.05, 4.69) is 43.5 Å². The second-order valence-electron chi connectivity index (χ2n) is 8.91. The van der Waals surface area contributed by atoms with Crippen molar-refractivity contribution >= 4 is 42.3 Å². The number of imidazole rings is 1. The van der Waals surface area contributed by atoms with Gasteiger partial charge in [0.25, 0.3) is 0 Å². The molecule has 15 nitrogen and oxygen atoms in total. The van der Waals surface area contributed by atoms with Crippen molar-refractivity contribution in [3.8, 4) is 5.75 Å². The molecule has 12 N–H and O–H groups in total. The molecule has 0 saturated carbocycles. The molecule has 3 amide bonds. The molecule has 0 spiro atoms. The lowest BCUT2D eigenvalue weighted by atomic mass is 10.1. The molecule has 0 aliphatic carbocycles. The SMILES string of the molecule is NC(N)=NCCCC(NC(=O)C(CS)NC(=O)C(N)Cc1ccc(O)cc1)C(=O)NC(Cc1cnc[nH]1)C(=O)O. The second kappa shape index (κ2) is 15.9. The van der Waals surface area contributed by atoms with Gasteiger partial charge in [0, 0.05) is 30.6 Å². The van der Waals surface area contributed by atoms with Gasteiger partial charge in [-0.2, -0.15) is 12.6 Å². The van der Waals surface area contributed by atoms with E-state index in [1.54, 1.807) is 12.1 Å². The number of nitrogens with one attached hydrogen (secondary N) is 4. The van der Waals surface area contributed by atoms with Crippen LogP contribution >= 0.6 is 12.6 Å². The van der Waals surface area contributed by atoms with Gasteiger partial charge in [0.1, 0.15) is 23.9 Å². The molecule has 218 valence electrons. The number of rotatable bonds is 16. The summed E-state index contributed by atoms with van der Waals surface area (Å²) in [6.45, 7) is 0.164. The first-order valence-electron chi connectivity index (χ1n) is 12.3. The number of aliphatic imine (C=N–C) groups is 1. The normalized spacial score (nSPS) is 13.8. The Bertz CT molecular complexity index is 1160. The molecule has 4 unspecified atom stereocenters. The van der Waals surface area contributed by atoms with E-state index in [9.17, 15) is 29.4 Å². The maximum Gasteiger partial charge on any atom is 0.326 e. The van der Waals surface area contributed by atoms with E-state index < -0.39 is 47.9 Å². The number of carboxylic acid groups (broad SMARTS) is 1. The summed E-state index contributed by atoms with van der Waals surface area (Å²) in [5.41, 5.74) is 17.8. The molecule has 2 aromatic rings. The van der Waals surface area contributed by atoms with Gasteiger partial charge in [-0.1, -0.05) is 12.1 Å². The van der Waals surface area contributed by atoms with Gasteiger partial charge in [0.15, 0.2) is 5.96 Å². The van der Waals surface area contributed by atoms with Crippen LogP contribution in [0.15, 0.2) is 41.8 Å². The summed E-state index contributed by atoms with van der Waals surface area (Å²) in [7, 11) is 0. The molecule has 2 rings (SSSR count). The fourth-order valence-corrected chi connectivity index (χ4v) is 3.84. The lowest BCUT2D eigenvalue weighted by Crippen LogP contribution is -2.58. The van der Waals surface area contributed by atoms with Crippen LogP contribution in [0.1, 0.15) is 24.1 Å². The van der Waals surface area contributed by atoms with Gasteiger partial charge in [-0.25, -0.2) is 9.78 Å². The third-order valence-electron chi connectivity index (χ3n) is 5.72. The molecule has 16 heteroatoms. The number of carboxylic acids is 1. The van der Waals surface area contributed by atoms with Crippen molar-refractivity contribution in [2.24, 2.45) is 22.2 Å². The number of benzene rings is 1. The number of aromatic amines is 1. The summed E-state index contributed by atoms with van der Waals surface area (Å²) >= 11 is 4.15. The van der Waals surface area contributed by atoms with Crippen molar-refractivity contribution in [2.75, 3.05) is 12.3 Å². The number of guanidine groups is 1. The highest BCUT2D eigenvalue weighted by molar-refractivity contribution is 7.80. The van der Waals surface area contributed by atoms with E-state index in [-0.39, 0.29) is 49.7 Å². The molecule has 4 atom stereocenters. The Morgan fingerprint density at radius 2 is 1.60 bits per heavy atom. The van der Waals surface area contributed by atoms with Crippen LogP contribution < -0.4 is 33.2 Å². The van der Waals surface area contributed by atoms with Crippen molar-refractivity contribution in [3.05, 3.63) is 48.0 Å². The predicted octanol–water partition coefficient (Wildman–Crippen LogP) is -2.25. The second-order valence-corrected chi connectivity index (χ2v) is 9.28. The third-order valence-corrected chi connectivity index (χ3v) is 6.08. The van der Waals surface area contributed by atoms with E-state index in [0.717, 1.165) is 0 Å². The van der Waals surface area contributed by atoms with Crippen molar-refractivity contribution in [3.63, 3.8) is 0 Å². The van der Waals surface area contributed by atoms with Gasteiger partial charge in [-0.05, 0) is 37.0 Å². The van der Waals surface area contributed by atoms with Gasteiger partial charge >= 0.3 is 5.97 Å². The van der Waals surface area contributed by atoms with Crippen molar-refractivity contribution < 1.29 is 29.4 Å². The number of amides is 3. The third kappa shape index (κ3) is 10.8. The van der Waals surface area contributed by atoms with Crippen LogP contribution in [0, 0.1) is 0 Å². The number of thiol groups is 1. The molecule has 0 fully saturated rings. The zero-order chi connectivity index (χ0) is 29.7. The highest BCUT2D eigenvalue weighted by atomic mass is 32.1. The number of aromatic hydroxyl groups is 1. The Kier molecular flexibility index (Phi) is 12.7. The monoisotopic (exact) mass is 577 g/mol. The Morgan fingerprint density at radius 3 is 2.17 bits per heavy atom. The summed E-state index contributed by atoms with van der Waals surface area (Å²) in [5, 5.41) is 26.5. The average molecular weight is 578 g/mol. The number of aliphatic carboxylic acids is 1. The van der Waals surface area contributed by atoms with E-state index >= 15 is 0 Å². The van der Waals surface area contributed by atoms with Gasteiger partial charge in [0.05, 0.1) is 12.4 Å². The largest absolute Gasteiger partial charge is 0.508 e. The highest BCUT2D eigenvalue weighted by Crippen LogP contribution is 2.11. The first kappa shape index (κ1) is 31.9. The highest BCUT2D eigenvalue weighted by Gasteiger charge is 2.30. The van der Waals surface area contributed by atoms with Crippen LogP contribution in [0.25, 0.3) is 0 Å². The summed E-state index contributed by atoms with van der Waals surface area (Å²) in [6.07, 6.45) is 3.25. The Labute approximate surface area is 235 Å². The molecule has 1 aromatic heterocycles. The number of carbonyl (C=O) groups excluding carboxylic acids is 3. The topological polar surface area (TPSA) is 264 Å². The smallest absolute Gasteiger partial charge is 0.326 e. The van der Waals surface area contributed by atoms with Gasteiger partial charge in [-0.15, -0.1) is 0 Å². The van der Waals surface area contributed by atoms with Crippen LogP contribution in [-0.2, 0) is 32.0 Å². The van der Waals surface area contributed by atoms with Gasteiger partial charge < -0.3 is 48.3 Å². The van der Waals surface area contributed by atoms with Crippen LogP contribution in [0.3, 0.4) is 0 Å². The minimum Gasteiger partial charge on any atom is -0.508 e. The van der Waals surface area contributed by atoms with Crippen LogP contribution in [0.4, 0.5) is 0 Å². The predicted molar refractivity (Wildman–Crippen MR) is 149 cm³/mol. The quantitative estimate of drug-likeness (QED) is 0.0443. The summed E-state index contributed by atoms with van der Waals surface area (Å²) in [4.78, 5) is 61.0. The summed E-state index contributed by atoms with van der Waals surface area (Å²) in [5.74, 6) is -3.55. The average Bonchev–Trinajstić information content (AvgIpc) is 3.42. The molecule has 0 saturated heterocycles. The molecule has 40 heavy (non-hydrogen) atoms. The number of nitrogens with two attached hydrogens (primary N) is 3.